The van der Waals surface area contributed by atoms with Crippen molar-refractivity contribution in [1.29, 1.82) is 0 Å². The van der Waals surface area contributed by atoms with Crippen LogP contribution >= 0.6 is 0 Å². The highest BCUT2D eigenvalue weighted by Crippen LogP contribution is 2.32. The van der Waals surface area contributed by atoms with Gasteiger partial charge in [-0.15, -0.1) is 0 Å². The van der Waals surface area contributed by atoms with Gasteiger partial charge in [-0.1, -0.05) is 90.4 Å². The van der Waals surface area contributed by atoms with Gasteiger partial charge in [-0.3, -0.25) is 0 Å². The third-order valence-corrected chi connectivity index (χ3v) is 5.94. The van der Waals surface area contributed by atoms with Crippen LogP contribution in [0.5, 0.6) is 0 Å². The molecule has 5 atom stereocenters. The normalized spacial score (nSPS) is 30.6. The minimum absolute atomic E-state index is 0.173. The monoisotopic (exact) mass is 404 g/mol. The molecule has 0 bridgehead atoms. The zero-order chi connectivity index (χ0) is 20.8. The summed E-state index contributed by atoms with van der Waals surface area (Å²) in [5.74, 6) is -1.91. The van der Waals surface area contributed by atoms with E-state index in [0.717, 1.165) is 12.8 Å². The Hall–Kier alpha value is -0.240. The van der Waals surface area contributed by atoms with Crippen LogP contribution in [0.2, 0.25) is 0 Å². The van der Waals surface area contributed by atoms with E-state index < -0.39 is 36.8 Å². The highest BCUT2D eigenvalue weighted by Gasteiger charge is 2.51. The minimum atomic E-state index is -1.91. The van der Waals surface area contributed by atoms with Gasteiger partial charge in [0, 0.05) is 6.42 Å². The second kappa shape index (κ2) is 14.7. The van der Waals surface area contributed by atoms with Gasteiger partial charge in [0.1, 0.15) is 24.4 Å². The third-order valence-electron chi connectivity index (χ3n) is 5.94. The molecule has 1 aliphatic rings. The van der Waals surface area contributed by atoms with Crippen LogP contribution in [-0.4, -0.2) is 62.3 Å². The standard InChI is InChI=1S/C22H44O6/c1-2-3-4-5-6-7-8-9-10-11-12-13-14-15-16-22(27)21(26)20(25)19(24)18(17-23)28-22/h18-21,23-27H,2-17H2,1H3/t18-,19-,20+,21-,22?/m1/s1. The molecule has 0 aromatic rings. The summed E-state index contributed by atoms with van der Waals surface area (Å²) in [5, 5.41) is 49.3. The van der Waals surface area contributed by atoms with E-state index in [1.165, 1.54) is 70.6 Å². The second-order valence-electron chi connectivity index (χ2n) is 8.46. The Balaban J connectivity index is 2.02. The quantitative estimate of drug-likeness (QED) is 0.253. The predicted molar refractivity (Wildman–Crippen MR) is 110 cm³/mol. The molecule has 0 aromatic carbocycles. The molecule has 0 aliphatic carbocycles. The van der Waals surface area contributed by atoms with E-state index in [1.807, 2.05) is 0 Å². The van der Waals surface area contributed by atoms with Crippen LogP contribution in [0.15, 0.2) is 0 Å². The Kier molecular flexibility index (Phi) is 13.5. The third kappa shape index (κ3) is 9.06. The summed E-state index contributed by atoms with van der Waals surface area (Å²) >= 11 is 0. The van der Waals surface area contributed by atoms with Gasteiger partial charge in [0.05, 0.1) is 6.61 Å². The van der Waals surface area contributed by atoms with Crippen LogP contribution < -0.4 is 0 Å². The molecule has 0 amide bonds. The van der Waals surface area contributed by atoms with Crippen molar-refractivity contribution in [3.8, 4) is 0 Å². The van der Waals surface area contributed by atoms with Gasteiger partial charge in [-0.25, -0.2) is 0 Å². The first-order valence-corrected chi connectivity index (χ1v) is 11.5. The molecule has 1 saturated heterocycles. The van der Waals surface area contributed by atoms with Gasteiger partial charge in [0.25, 0.3) is 0 Å². The topological polar surface area (TPSA) is 110 Å². The first-order chi connectivity index (χ1) is 13.5. The van der Waals surface area contributed by atoms with E-state index in [-0.39, 0.29) is 6.42 Å². The molecule has 5 N–H and O–H groups in total. The van der Waals surface area contributed by atoms with Crippen molar-refractivity contribution in [1.82, 2.24) is 0 Å². The Morgan fingerprint density at radius 1 is 0.679 bits per heavy atom. The van der Waals surface area contributed by atoms with E-state index in [4.69, 9.17) is 4.74 Å². The number of rotatable bonds is 16. The van der Waals surface area contributed by atoms with Gasteiger partial charge < -0.3 is 30.3 Å². The molecule has 0 radical (unpaired) electrons. The highest BCUT2D eigenvalue weighted by atomic mass is 16.7. The Morgan fingerprint density at radius 2 is 1.11 bits per heavy atom. The number of hydrogen-bond donors (Lipinski definition) is 5. The summed E-state index contributed by atoms with van der Waals surface area (Å²) in [4.78, 5) is 0. The van der Waals surface area contributed by atoms with E-state index in [0.29, 0.717) is 6.42 Å². The van der Waals surface area contributed by atoms with E-state index in [2.05, 4.69) is 6.92 Å². The van der Waals surface area contributed by atoms with Crippen LogP contribution in [0.25, 0.3) is 0 Å². The molecule has 1 rings (SSSR count). The summed E-state index contributed by atoms with van der Waals surface area (Å²) in [7, 11) is 0. The molecule has 28 heavy (non-hydrogen) atoms. The summed E-state index contributed by atoms with van der Waals surface area (Å²) in [6.07, 6.45) is 11.7. The van der Waals surface area contributed by atoms with Gasteiger partial charge in [-0.05, 0) is 6.42 Å². The zero-order valence-corrected chi connectivity index (χ0v) is 17.8. The summed E-state index contributed by atoms with van der Waals surface area (Å²) in [6, 6.07) is 0. The van der Waals surface area contributed by atoms with Gasteiger partial charge in [0.2, 0.25) is 0 Å². The molecule has 6 heteroatoms. The van der Waals surface area contributed by atoms with Crippen molar-refractivity contribution in [3.63, 3.8) is 0 Å². The van der Waals surface area contributed by atoms with Crippen LogP contribution in [0, 0.1) is 0 Å². The van der Waals surface area contributed by atoms with Crippen molar-refractivity contribution in [2.45, 2.75) is 133 Å². The average molecular weight is 405 g/mol. The van der Waals surface area contributed by atoms with E-state index in [9.17, 15) is 25.5 Å². The molecular formula is C22H44O6. The lowest BCUT2D eigenvalue weighted by Gasteiger charge is -2.45. The van der Waals surface area contributed by atoms with Gasteiger partial charge >= 0.3 is 0 Å². The first-order valence-electron chi connectivity index (χ1n) is 11.5. The van der Waals surface area contributed by atoms with Crippen molar-refractivity contribution in [3.05, 3.63) is 0 Å². The summed E-state index contributed by atoms with van der Waals surface area (Å²) < 4.78 is 5.28. The Morgan fingerprint density at radius 3 is 1.54 bits per heavy atom. The maximum Gasteiger partial charge on any atom is 0.195 e. The Labute approximate surface area is 170 Å². The molecule has 1 fully saturated rings. The molecule has 1 aliphatic heterocycles. The fraction of sp³-hybridized carbons (Fsp3) is 1.00. The van der Waals surface area contributed by atoms with Crippen molar-refractivity contribution >= 4 is 0 Å². The largest absolute Gasteiger partial charge is 0.394 e. The maximum atomic E-state index is 10.5. The lowest BCUT2D eigenvalue weighted by Crippen LogP contribution is -2.65. The predicted octanol–water partition coefficient (Wildman–Crippen LogP) is 3.02. The second-order valence-corrected chi connectivity index (χ2v) is 8.46. The van der Waals surface area contributed by atoms with Crippen molar-refractivity contribution in [2.24, 2.45) is 0 Å². The fourth-order valence-electron chi connectivity index (χ4n) is 4.00. The number of ether oxygens (including phenoxy) is 1. The zero-order valence-electron chi connectivity index (χ0n) is 17.8. The molecule has 0 aromatic heterocycles. The molecule has 6 nitrogen and oxygen atoms in total. The van der Waals surface area contributed by atoms with Gasteiger partial charge in [0.15, 0.2) is 5.79 Å². The van der Waals surface area contributed by atoms with E-state index in [1.54, 1.807) is 0 Å². The molecule has 168 valence electrons. The van der Waals surface area contributed by atoms with E-state index >= 15 is 0 Å². The molecular weight excluding hydrogens is 360 g/mol. The molecule has 0 saturated carbocycles. The number of aliphatic hydroxyl groups excluding tert-OH is 4. The highest BCUT2D eigenvalue weighted by molar-refractivity contribution is 4.95. The fourth-order valence-corrected chi connectivity index (χ4v) is 4.00. The molecule has 1 heterocycles. The van der Waals surface area contributed by atoms with Gasteiger partial charge in [-0.2, -0.15) is 0 Å². The van der Waals surface area contributed by atoms with Crippen LogP contribution in [0.1, 0.15) is 103 Å². The Bertz CT molecular complexity index is 378. The lowest BCUT2D eigenvalue weighted by molar-refractivity contribution is -0.351. The smallest absolute Gasteiger partial charge is 0.195 e. The van der Waals surface area contributed by atoms with Crippen LogP contribution in [0.4, 0.5) is 0 Å². The molecule has 1 unspecified atom stereocenters. The van der Waals surface area contributed by atoms with Crippen molar-refractivity contribution < 1.29 is 30.3 Å². The number of hydrogen-bond acceptors (Lipinski definition) is 6. The number of unbranched alkanes of at least 4 members (excludes halogenated alkanes) is 13. The average Bonchev–Trinajstić information content (AvgIpc) is 2.69. The SMILES string of the molecule is CCCCCCCCCCCCCCCCC1(O)O[C@H](CO)[C@@H](O)[C@H](O)[C@H]1O. The lowest BCUT2D eigenvalue weighted by atomic mass is 9.89. The first kappa shape index (κ1) is 25.8. The molecule has 0 spiro atoms. The summed E-state index contributed by atoms with van der Waals surface area (Å²) in [5.41, 5.74) is 0. The number of aliphatic hydroxyl groups is 5. The summed E-state index contributed by atoms with van der Waals surface area (Å²) in [6.45, 7) is 1.73. The van der Waals surface area contributed by atoms with Crippen molar-refractivity contribution in [2.75, 3.05) is 6.61 Å². The maximum absolute atomic E-state index is 10.5. The minimum Gasteiger partial charge on any atom is -0.394 e. The van der Waals surface area contributed by atoms with Crippen LogP contribution in [-0.2, 0) is 4.74 Å². The van der Waals surface area contributed by atoms with Crippen LogP contribution in [0.3, 0.4) is 0 Å².